The Bertz CT molecular complexity index is 1230. The van der Waals surface area contributed by atoms with E-state index in [1.165, 1.54) is 31.4 Å². The standard InChI is InChI=1S/C22H20F4N2O5S/c1-20(2,14-7-11(23)3-6-16(14)30)10-21(33,22(24,25)26)18(32)28-19-27-15(9-34-19)13-5-4-12(29)8-17(13)31/h3-9,29-31,33H,10H2,1-2H3,(H,27,28,32). The number of nitrogens with zero attached hydrogens (tertiary/aromatic N) is 1. The third-order valence-electron chi connectivity index (χ3n) is 5.21. The number of benzene rings is 2. The van der Waals surface area contributed by atoms with Crippen LogP contribution in [0, 0.1) is 5.82 Å². The number of hydrogen-bond acceptors (Lipinski definition) is 7. The van der Waals surface area contributed by atoms with Crippen molar-refractivity contribution in [3.05, 3.63) is 53.2 Å². The highest BCUT2D eigenvalue weighted by Gasteiger charge is 2.61. The number of aliphatic hydroxyl groups is 1. The summed E-state index contributed by atoms with van der Waals surface area (Å²) >= 11 is 0.746. The zero-order valence-corrected chi connectivity index (χ0v) is 18.6. The third-order valence-corrected chi connectivity index (χ3v) is 5.97. The number of amides is 1. The number of halogens is 4. The molecule has 0 aliphatic carbocycles. The molecular formula is C22H20F4N2O5S. The zero-order valence-electron chi connectivity index (χ0n) is 17.8. The lowest BCUT2D eigenvalue weighted by Gasteiger charge is -2.36. The van der Waals surface area contributed by atoms with E-state index < -0.39 is 41.1 Å². The van der Waals surface area contributed by atoms with Crippen molar-refractivity contribution >= 4 is 22.4 Å². The van der Waals surface area contributed by atoms with E-state index in [-0.39, 0.29) is 33.5 Å². The van der Waals surface area contributed by atoms with Gasteiger partial charge in [-0.15, -0.1) is 11.3 Å². The van der Waals surface area contributed by atoms with E-state index in [1.54, 1.807) is 0 Å². The number of thiazole rings is 1. The monoisotopic (exact) mass is 500 g/mol. The van der Waals surface area contributed by atoms with Crippen LogP contribution in [0.3, 0.4) is 0 Å². The Morgan fingerprint density at radius 2 is 1.74 bits per heavy atom. The highest BCUT2D eigenvalue weighted by Crippen LogP contribution is 2.44. The van der Waals surface area contributed by atoms with Gasteiger partial charge in [-0.1, -0.05) is 13.8 Å². The summed E-state index contributed by atoms with van der Waals surface area (Å²) in [5.74, 6) is -3.68. The number of alkyl halides is 3. The average Bonchev–Trinajstić information content (AvgIpc) is 3.16. The maximum atomic E-state index is 13.9. The molecule has 0 saturated carbocycles. The molecule has 0 fully saturated rings. The highest BCUT2D eigenvalue weighted by molar-refractivity contribution is 7.14. The molecule has 3 aromatic rings. The Kier molecular flexibility index (Phi) is 6.51. The van der Waals surface area contributed by atoms with Crippen molar-refractivity contribution in [2.24, 2.45) is 0 Å². The Labute approximate surface area is 195 Å². The van der Waals surface area contributed by atoms with Crippen LogP contribution in [-0.4, -0.2) is 43.1 Å². The van der Waals surface area contributed by atoms with Crippen molar-refractivity contribution in [3.8, 4) is 28.5 Å². The molecule has 2 aromatic carbocycles. The van der Waals surface area contributed by atoms with Crippen LogP contribution in [0.2, 0.25) is 0 Å². The molecule has 1 atom stereocenters. The average molecular weight is 500 g/mol. The van der Waals surface area contributed by atoms with Gasteiger partial charge < -0.3 is 20.4 Å². The second-order valence-corrected chi connectivity index (χ2v) is 9.13. The fourth-order valence-corrected chi connectivity index (χ4v) is 4.19. The molecule has 34 heavy (non-hydrogen) atoms. The molecule has 5 N–H and O–H groups in total. The highest BCUT2D eigenvalue weighted by atomic mass is 32.1. The summed E-state index contributed by atoms with van der Waals surface area (Å²) in [5, 5.41) is 42.9. The molecule has 7 nitrogen and oxygen atoms in total. The first-order valence-corrected chi connectivity index (χ1v) is 10.6. The van der Waals surface area contributed by atoms with Gasteiger partial charge in [-0.25, -0.2) is 9.37 Å². The minimum Gasteiger partial charge on any atom is -0.508 e. The van der Waals surface area contributed by atoms with Gasteiger partial charge in [0, 0.05) is 29.0 Å². The minimum atomic E-state index is -5.42. The first-order chi connectivity index (χ1) is 15.6. The number of aromatic hydroxyl groups is 3. The normalized spacial score (nSPS) is 14.0. The number of phenolic OH excluding ortho intramolecular Hbond substituents is 3. The summed E-state index contributed by atoms with van der Waals surface area (Å²) in [7, 11) is 0. The summed E-state index contributed by atoms with van der Waals surface area (Å²) < 4.78 is 55.4. The number of anilines is 1. The van der Waals surface area contributed by atoms with Crippen molar-refractivity contribution in [2.45, 2.75) is 37.5 Å². The summed E-state index contributed by atoms with van der Waals surface area (Å²) in [4.78, 5) is 16.6. The Morgan fingerprint density at radius 3 is 2.35 bits per heavy atom. The number of rotatable bonds is 6. The predicted octanol–water partition coefficient (Wildman–Crippen LogP) is 4.67. The molecule has 12 heteroatoms. The largest absolute Gasteiger partial charge is 0.508 e. The quantitative estimate of drug-likeness (QED) is 0.314. The predicted molar refractivity (Wildman–Crippen MR) is 116 cm³/mol. The molecule has 0 radical (unpaired) electrons. The van der Waals surface area contributed by atoms with E-state index in [0.717, 1.165) is 35.6 Å². The number of aromatic nitrogens is 1. The Hall–Kier alpha value is -3.38. The maximum Gasteiger partial charge on any atom is 0.426 e. The van der Waals surface area contributed by atoms with Gasteiger partial charge in [-0.2, -0.15) is 13.2 Å². The molecule has 0 aliphatic rings. The van der Waals surface area contributed by atoms with Gasteiger partial charge in [0.1, 0.15) is 23.1 Å². The van der Waals surface area contributed by atoms with Gasteiger partial charge in [-0.3, -0.25) is 10.1 Å². The fourth-order valence-electron chi connectivity index (χ4n) is 3.49. The lowest BCUT2D eigenvalue weighted by molar-refractivity contribution is -0.254. The second kappa shape index (κ2) is 8.76. The van der Waals surface area contributed by atoms with Gasteiger partial charge in [0.25, 0.3) is 5.91 Å². The molecular weight excluding hydrogens is 480 g/mol. The van der Waals surface area contributed by atoms with Crippen LogP contribution in [-0.2, 0) is 10.2 Å². The summed E-state index contributed by atoms with van der Waals surface area (Å²) in [6.45, 7) is 2.45. The van der Waals surface area contributed by atoms with Gasteiger partial charge in [0.05, 0.1) is 5.69 Å². The van der Waals surface area contributed by atoms with Crippen LogP contribution in [0.1, 0.15) is 25.8 Å². The van der Waals surface area contributed by atoms with Crippen molar-refractivity contribution in [3.63, 3.8) is 0 Å². The molecule has 0 aliphatic heterocycles. The van der Waals surface area contributed by atoms with Gasteiger partial charge in [-0.05, 0) is 35.7 Å². The van der Waals surface area contributed by atoms with E-state index in [2.05, 4.69) is 4.98 Å². The smallest absolute Gasteiger partial charge is 0.426 e. The summed E-state index contributed by atoms with van der Waals surface area (Å²) in [6.07, 6.45) is -6.66. The van der Waals surface area contributed by atoms with E-state index in [4.69, 9.17) is 0 Å². The number of carbonyl (C=O) groups is 1. The van der Waals surface area contributed by atoms with Crippen molar-refractivity contribution in [1.29, 1.82) is 0 Å². The topological polar surface area (TPSA) is 123 Å². The zero-order chi connectivity index (χ0) is 25.5. The first kappa shape index (κ1) is 25.2. The number of nitrogens with one attached hydrogen (secondary N) is 1. The summed E-state index contributed by atoms with van der Waals surface area (Å²) in [6, 6.07) is 6.35. The number of hydrogen-bond donors (Lipinski definition) is 5. The second-order valence-electron chi connectivity index (χ2n) is 8.27. The lowest BCUT2D eigenvalue weighted by Crippen LogP contribution is -2.57. The number of phenols is 3. The first-order valence-electron chi connectivity index (χ1n) is 9.71. The molecule has 3 rings (SSSR count). The van der Waals surface area contributed by atoms with Crippen molar-refractivity contribution in [1.82, 2.24) is 4.98 Å². The van der Waals surface area contributed by atoms with Crippen LogP contribution >= 0.6 is 11.3 Å². The summed E-state index contributed by atoms with van der Waals surface area (Å²) in [5.41, 5.74) is -5.55. The van der Waals surface area contributed by atoms with Crippen LogP contribution in [0.5, 0.6) is 17.2 Å². The molecule has 1 unspecified atom stereocenters. The molecule has 0 saturated heterocycles. The van der Waals surface area contributed by atoms with E-state index in [9.17, 15) is 42.8 Å². The number of carbonyl (C=O) groups excluding carboxylic acids is 1. The van der Waals surface area contributed by atoms with Crippen LogP contribution < -0.4 is 5.32 Å². The van der Waals surface area contributed by atoms with Crippen LogP contribution in [0.15, 0.2) is 41.8 Å². The Balaban J connectivity index is 1.90. The van der Waals surface area contributed by atoms with Crippen LogP contribution in [0.4, 0.5) is 22.7 Å². The van der Waals surface area contributed by atoms with Gasteiger partial charge in [0.2, 0.25) is 5.60 Å². The van der Waals surface area contributed by atoms with Crippen LogP contribution in [0.25, 0.3) is 11.3 Å². The third kappa shape index (κ3) is 4.92. The maximum absolute atomic E-state index is 13.9. The molecule has 182 valence electrons. The fraction of sp³-hybridized carbons (Fsp3) is 0.273. The van der Waals surface area contributed by atoms with Gasteiger partial charge in [0.15, 0.2) is 5.13 Å². The molecule has 0 bridgehead atoms. The molecule has 0 spiro atoms. The van der Waals surface area contributed by atoms with Gasteiger partial charge >= 0.3 is 6.18 Å². The lowest BCUT2D eigenvalue weighted by atomic mass is 9.74. The van der Waals surface area contributed by atoms with Crippen molar-refractivity contribution in [2.75, 3.05) is 5.32 Å². The minimum absolute atomic E-state index is 0.110. The molecule has 1 aromatic heterocycles. The van der Waals surface area contributed by atoms with E-state index >= 15 is 0 Å². The van der Waals surface area contributed by atoms with Crippen molar-refractivity contribution < 1.29 is 42.8 Å². The molecule has 1 amide bonds. The SMILES string of the molecule is CC(C)(CC(O)(C(=O)Nc1nc(-c2ccc(O)cc2O)cs1)C(F)(F)F)c1cc(F)ccc1O. The Morgan fingerprint density at radius 1 is 1.06 bits per heavy atom. The van der Waals surface area contributed by atoms with E-state index in [1.807, 2.05) is 5.32 Å². The van der Waals surface area contributed by atoms with E-state index in [0.29, 0.717) is 0 Å². The molecule has 1 heterocycles.